The van der Waals surface area contributed by atoms with Crippen LogP contribution in [0.25, 0.3) is 0 Å². The van der Waals surface area contributed by atoms with Crippen molar-refractivity contribution in [1.29, 1.82) is 0 Å². The summed E-state index contributed by atoms with van der Waals surface area (Å²) in [7, 11) is 0. The van der Waals surface area contributed by atoms with E-state index in [1.54, 1.807) is 0 Å². The summed E-state index contributed by atoms with van der Waals surface area (Å²) in [5, 5.41) is 0. The molecule has 0 bridgehead atoms. The van der Waals surface area contributed by atoms with Crippen LogP contribution in [0.4, 0.5) is 11.4 Å². The summed E-state index contributed by atoms with van der Waals surface area (Å²) in [5.74, 6) is 0. The zero-order valence-corrected chi connectivity index (χ0v) is 8.67. The Morgan fingerprint density at radius 1 is 1.23 bits per heavy atom. The summed E-state index contributed by atoms with van der Waals surface area (Å²) >= 11 is 0. The summed E-state index contributed by atoms with van der Waals surface area (Å²) < 4.78 is 0. The van der Waals surface area contributed by atoms with Crippen molar-refractivity contribution in [1.82, 2.24) is 0 Å². The van der Waals surface area contributed by atoms with Gasteiger partial charge in [0.05, 0.1) is 0 Å². The van der Waals surface area contributed by atoms with Crippen LogP contribution in [-0.2, 0) is 0 Å². The first-order chi connectivity index (χ1) is 6.19. The summed E-state index contributed by atoms with van der Waals surface area (Å²) in [4.78, 5) is 2.33. The van der Waals surface area contributed by atoms with Crippen molar-refractivity contribution in [2.24, 2.45) is 0 Å². The fourth-order valence-corrected chi connectivity index (χ4v) is 1.60. The molecule has 0 saturated heterocycles. The minimum Gasteiger partial charge on any atom is -0.399 e. The summed E-state index contributed by atoms with van der Waals surface area (Å²) in [6, 6.07) is 6.08. The van der Waals surface area contributed by atoms with Gasteiger partial charge in [-0.3, -0.25) is 0 Å². The largest absolute Gasteiger partial charge is 0.399 e. The highest BCUT2D eigenvalue weighted by molar-refractivity contribution is 5.58. The third-order valence-electron chi connectivity index (χ3n) is 2.32. The lowest BCUT2D eigenvalue weighted by molar-refractivity contribution is 0.862. The predicted octanol–water partition coefficient (Wildman–Crippen LogP) is 2.42. The van der Waals surface area contributed by atoms with Gasteiger partial charge in [-0.25, -0.2) is 0 Å². The molecule has 1 aromatic carbocycles. The molecule has 0 aliphatic heterocycles. The van der Waals surface area contributed by atoms with E-state index in [1.165, 1.54) is 11.3 Å². The van der Waals surface area contributed by atoms with Crippen molar-refractivity contribution in [3.05, 3.63) is 23.8 Å². The lowest BCUT2D eigenvalue weighted by Gasteiger charge is -2.23. The standard InChI is InChI=1S/C11H18N2/c1-4-13(5-2)11-7-6-10(12)8-9(11)3/h6-8H,4-5,12H2,1-3H3. The van der Waals surface area contributed by atoms with E-state index in [0.29, 0.717) is 0 Å². The first-order valence-corrected chi connectivity index (χ1v) is 4.80. The molecule has 1 rings (SSSR count). The molecule has 0 aliphatic rings. The molecule has 0 spiro atoms. The van der Waals surface area contributed by atoms with Crippen LogP contribution < -0.4 is 10.6 Å². The Balaban J connectivity index is 2.99. The van der Waals surface area contributed by atoms with Gasteiger partial charge in [0, 0.05) is 24.5 Å². The van der Waals surface area contributed by atoms with Crippen molar-refractivity contribution in [3.63, 3.8) is 0 Å². The van der Waals surface area contributed by atoms with Crippen LogP contribution in [0.2, 0.25) is 0 Å². The normalized spacial score (nSPS) is 10.1. The highest BCUT2D eigenvalue weighted by Gasteiger charge is 2.04. The van der Waals surface area contributed by atoms with Gasteiger partial charge in [0.15, 0.2) is 0 Å². The highest BCUT2D eigenvalue weighted by atomic mass is 15.1. The molecule has 0 radical (unpaired) electrons. The van der Waals surface area contributed by atoms with Gasteiger partial charge >= 0.3 is 0 Å². The molecule has 2 nitrogen and oxygen atoms in total. The van der Waals surface area contributed by atoms with Crippen LogP contribution >= 0.6 is 0 Å². The average molecular weight is 178 g/mol. The van der Waals surface area contributed by atoms with E-state index in [1.807, 2.05) is 12.1 Å². The van der Waals surface area contributed by atoms with Crippen LogP contribution in [0, 0.1) is 6.92 Å². The number of hydrogen-bond acceptors (Lipinski definition) is 2. The molecule has 72 valence electrons. The molecule has 0 amide bonds. The van der Waals surface area contributed by atoms with Crippen LogP contribution in [0.3, 0.4) is 0 Å². The molecule has 0 saturated carbocycles. The number of anilines is 2. The van der Waals surface area contributed by atoms with Gasteiger partial charge in [-0.15, -0.1) is 0 Å². The molecule has 0 fully saturated rings. The number of nitrogen functional groups attached to an aromatic ring is 1. The van der Waals surface area contributed by atoms with E-state index in [0.717, 1.165) is 18.8 Å². The topological polar surface area (TPSA) is 29.3 Å². The molecule has 13 heavy (non-hydrogen) atoms. The highest BCUT2D eigenvalue weighted by Crippen LogP contribution is 2.21. The van der Waals surface area contributed by atoms with Gasteiger partial charge in [0.25, 0.3) is 0 Å². The molecular formula is C11H18N2. The summed E-state index contributed by atoms with van der Waals surface area (Å²) in [6.07, 6.45) is 0. The van der Waals surface area contributed by atoms with E-state index in [4.69, 9.17) is 5.73 Å². The summed E-state index contributed by atoms with van der Waals surface area (Å²) in [6.45, 7) is 8.52. The number of hydrogen-bond donors (Lipinski definition) is 1. The van der Waals surface area contributed by atoms with Gasteiger partial charge in [-0.1, -0.05) is 0 Å². The van der Waals surface area contributed by atoms with Crippen LogP contribution in [0.5, 0.6) is 0 Å². The maximum Gasteiger partial charge on any atom is 0.0397 e. The van der Waals surface area contributed by atoms with Gasteiger partial charge in [-0.2, -0.15) is 0 Å². The molecule has 0 aromatic heterocycles. The van der Waals surface area contributed by atoms with E-state index < -0.39 is 0 Å². The molecule has 2 N–H and O–H groups in total. The predicted molar refractivity (Wildman–Crippen MR) is 59.2 cm³/mol. The van der Waals surface area contributed by atoms with Crippen molar-refractivity contribution < 1.29 is 0 Å². The monoisotopic (exact) mass is 178 g/mol. The third-order valence-corrected chi connectivity index (χ3v) is 2.32. The maximum absolute atomic E-state index is 5.69. The smallest absolute Gasteiger partial charge is 0.0397 e. The quantitative estimate of drug-likeness (QED) is 0.720. The Hall–Kier alpha value is -1.18. The first-order valence-electron chi connectivity index (χ1n) is 4.80. The molecule has 1 aromatic rings. The summed E-state index contributed by atoms with van der Waals surface area (Å²) in [5.41, 5.74) is 9.08. The Bertz CT molecular complexity index is 277. The Morgan fingerprint density at radius 3 is 2.31 bits per heavy atom. The number of nitrogens with two attached hydrogens (primary N) is 1. The number of aryl methyl sites for hydroxylation is 1. The van der Waals surface area contributed by atoms with Crippen LogP contribution in [0.1, 0.15) is 19.4 Å². The molecule has 0 heterocycles. The number of benzene rings is 1. The fraction of sp³-hybridized carbons (Fsp3) is 0.455. The van der Waals surface area contributed by atoms with Gasteiger partial charge in [0.1, 0.15) is 0 Å². The van der Waals surface area contributed by atoms with Gasteiger partial charge in [-0.05, 0) is 44.5 Å². The zero-order valence-electron chi connectivity index (χ0n) is 8.67. The second-order valence-corrected chi connectivity index (χ2v) is 3.22. The van der Waals surface area contributed by atoms with E-state index in [9.17, 15) is 0 Å². The van der Waals surface area contributed by atoms with Gasteiger partial charge in [0.2, 0.25) is 0 Å². The lowest BCUT2D eigenvalue weighted by Crippen LogP contribution is -2.22. The van der Waals surface area contributed by atoms with Crippen LogP contribution in [0.15, 0.2) is 18.2 Å². The van der Waals surface area contributed by atoms with Crippen molar-refractivity contribution in [2.45, 2.75) is 20.8 Å². The van der Waals surface area contributed by atoms with Crippen molar-refractivity contribution in [3.8, 4) is 0 Å². The van der Waals surface area contributed by atoms with Crippen molar-refractivity contribution >= 4 is 11.4 Å². The Morgan fingerprint density at radius 2 is 1.85 bits per heavy atom. The van der Waals surface area contributed by atoms with E-state index in [-0.39, 0.29) is 0 Å². The minimum absolute atomic E-state index is 0.841. The SMILES string of the molecule is CCN(CC)c1ccc(N)cc1C. The van der Waals surface area contributed by atoms with Gasteiger partial charge < -0.3 is 10.6 Å². The second kappa shape index (κ2) is 4.17. The number of nitrogens with zero attached hydrogens (tertiary/aromatic N) is 1. The maximum atomic E-state index is 5.69. The molecule has 0 unspecified atom stereocenters. The molecule has 0 atom stereocenters. The van der Waals surface area contributed by atoms with Crippen molar-refractivity contribution in [2.75, 3.05) is 23.7 Å². The first kappa shape index (κ1) is 9.90. The minimum atomic E-state index is 0.841. The van der Waals surface area contributed by atoms with E-state index in [2.05, 4.69) is 31.7 Å². The second-order valence-electron chi connectivity index (χ2n) is 3.22. The fourth-order valence-electron chi connectivity index (χ4n) is 1.60. The van der Waals surface area contributed by atoms with Crippen LogP contribution in [-0.4, -0.2) is 13.1 Å². The Labute approximate surface area is 80.4 Å². The third kappa shape index (κ3) is 2.14. The Kier molecular flexibility index (Phi) is 3.18. The number of rotatable bonds is 3. The molecule has 0 aliphatic carbocycles. The molecule has 2 heteroatoms. The molecular weight excluding hydrogens is 160 g/mol. The lowest BCUT2D eigenvalue weighted by atomic mass is 10.1. The average Bonchev–Trinajstić information content (AvgIpc) is 2.10. The van der Waals surface area contributed by atoms with E-state index >= 15 is 0 Å². The zero-order chi connectivity index (χ0) is 9.84.